The fourth-order valence-electron chi connectivity index (χ4n) is 4.12. The van der Waals surface area contributed by atoms with Crippen LogP contribution < -0.4 is 15.2 Å². The van der Waals surface area contributed by atoms with Gasteiger partial charge in [0.05, 0.1) is 6.10 Å². The number of aryl methyl sites for hydroxylation is 2. The Balaban J connectivity index is 1.31. The fourth-order valence-corrected chi connectivity index (χ4v) is 4.12. The zero-order valence-corrected chi connectivity index (χ0v) is 20.0. The summed E-state index contributed by atoms with van der Waals surface area (Å²) in [6.45, 7) is 8.97. The molecule has 0 saturated carbocycles. The first-order valence-electron chi connectivity index (χ1n) is 11.7. The topological polar surface area (TPSA) is 91.4 Å². The quantitative estimate of drug-likeness (QED) is 0.581. The Hall–Kier alpha value is -3.68. The number of piperazine rings is 1. The summed E-state index contributed by atoms with van der Waals surface area (Å²) in [5, 5.41) is 8.26. The zero-order chi connectivity index (χ0) is 24.1. The molecule has 34 heavy (non-hydrogen) atoms. The van der Waals surface area contributed by atoms with Crippen LogP contribution in [0.25, 0.3) is 11.4 Å². The van der Waals surface area contributed by atoms with Gasteiger partial charge in [0.25, 0.3) is 5.56 Å². The van der Waals surface area contributed by atoms with E-state index in [1.54, 1.807) is 0 Å². The van der Waals surface area contributed by atoms with Crippen LogP contribution in [-0.2, 0) is 11.2 Å². The van der Waals surface area contributed by atoms with Gasteiger partial charge < -0.3 is 19.5 Å². The van der Waals surface area contributed by atoms with Crippen LogP contribution in [0.15, 0.2) is 53.3 Å². The molecule has 0 atom stereocenters. The lowest BCUT2D eigenvalue weighted by atomic mass is 10.1. The summed E-state index contributed by atoms with van der Waals surface area (Å²) in [7, 11) is 0. The second kappa shape index (κ2) is 10.5. The number of carbonyl (C=O) groups excluding carboxylic acids is 1. The van der Waals surface area contributed by atoms with Gasteiger partial charge in [-0.15, -0.1) is 10.2 Å². The number of hydrogen-bond acceptors (Lipinski definition) is 6. The molecule has 8 heteroatoms. The van der Waals surface area contributed by atoms with Crippen LogP contribution in [0.2, 0.25) is 0 Å². The predicted octanol–water partition coefficient (Wildman–Crippen LogP) is 3.21. The van der Waals surface area contributed by atoms with Crippen molar-refractivity contribution in [2.24, 2.45) is 0 Å². The number of para-hydroxylation sites is 1. The summed E-state index contributed by atoms with van der Waals surface area (Å²) < 4.78 is 5.64. The average molecular weight is 462 g/mol. The van der Waals surface area contributed by atoms with Crippen LogP contribution in [-0.4, -0.2) is 58.3 Å². The highest BCUT2D eigenvalue weighted by molar-refractivity contribution is 5.76. The van der Waals surface area contributed by atoms with Crippen LogP contribution in [0, 0.1) is 6.92 Å². The zero-order valence-electron chi connectivity index (χ0n) is 20.0. The normalized spacial score (nSPS) is 13.9. The number of nitrogens with zero attached hydrogens (tertiary/aromatic N) is 4. The number of aromatic nitrogens is 3. The van der Waals surface area contributed by atoms with E-state index in [4.69, 9.17) is 4.74 Å². The van der Waals surface area contributed by atoms with Crippen LogP contribution in [0.1, 0.15) is 31.5 Å². The number of rotatable bonds is 7. The smallest absolute Gasteiger partial charge is 0.273 e. The predicted molar refractivity (Wildman–Crippen MR) is 132 cm³/mol. The van der Waals surface area contributed by atoms with Gasteiger partial charge in [0.1, 0.15) is 11.4 Å². The van der Waals surface area contributed by atoms with E-state index in [9.17, 15) is 9.59 Å². The maximum atomic E-state index is 12.7. The average Bonchev–Trinajstić information content (AvgIpc) is 2.83. The Kier molecular flexibility index (Phi) is 7.25. The highest BCUT2D eigenvalue weighted by atomic mass is 16.5. The Morgan fingerprint density at radius 2 is 1.74 bits per heavy atom. The molecule has 3 aromatic rings. The Morgan fingerprint density at radius 1 is 1.03 bits per heavy atom. The molecule has 1 aliphatic heterocycles. The first kappa shape index (κ1) is 23.5. The van der Waals surface area contributed by atoms with Gasteiger partial charge in [0, 0.05) is 50.3 Å². The number of amides is 1. The van der Waals surface area contributed by atoms with Crippen molar-refractivity contribution in [1.82, 2.24) is 20.1 Å². The molecule has 178 valence electrons. The summed E-state index contributed by atoms with van der Waals surface area (Å²) in [5.74, 6) is 1.18. The van der Waals surface area contributed by atoms with E-state index in [2.05, 4.69) is 39.1 Å². The molecule has 1 aliphatic rings. The summed E-state index contributed by atoms with van der Waals surface area (Å²) in [4.78, 5) is 32.2. The Bertz CT molecular complexity index is 1180. The number of anilines is 1. The van der Waals surface area contributed by atoms with Crippen molar-refractivity contribution < 1.29 is 9.53 Å². The van der Waals surface area contributed by atoms with Gasteiger partial charge in [-0.25, -0.2) is 0 Å². The van der Waals surface area contributed by atoms with Gasteiger partial charge >= 0.3 is 0 Å². The third-order valence-electron chi connectivity index (χ3n) is 5.93. The molecule has 1 amide bonds. The van der Waals surface area contributed by atoms with Crippen molar-refractivity contribution in [1.29, 1.82) is 0 Å². The number of ether oxygens (including phenoxy) is 1. The minimum absolute atomic E-state index is 0.0375. The maximum absolute atomic E-state index is 12.7. The first-order valence-corrected chi connectivity index (χ1v) is 11.7. The minimum atomic E-state index is -0.315. The summed E-state index contributed by atoms with van der Waals surface area (Å²) in [6.07, 6.45) is 0.591. The molecule has 4 rings (SSSR count). The number of hydrogen-bond donors (Lipinski definition) is 1. The largest absolute Gasteiger partial charge is 0.491 e. The lowest BCUT2D eigenvalue weighted by Crippen LogP contribution is -2.49. The molecule has 0 spiro atoms. The van der Waals surface area contributed by atoms with Crippen LogP contribution >= 0.6 is 0 Å². The Morgan fingerprint density at radius 3 is 2.38 bits per heavy atom. The molecule has 2 heterocycles. The number of H-pyrrole nitrogens is 1. The molecule has 2 aromatic carbocycles. The van der Waals surface area contributed by atoms with Gasteiger partial charge in [-0.3, -0.25) is 9.59 Å². The van der Waals surface area contributed by atoms with Gasteiger partial charge in [0.15, 0.2) is 5.82 Å². The molecule has 1 aromatic heterocycles. The van der Waals surface area contributed by atoms with Gasteiger partial charge in [-0.2, -0.15) is 0 Å². The van der Waals surface area contributed by atoms with Gasteiger partial charge in [-0.05, 0) is 56.7 Å². The van der Waals surface area contributed by atoms with E-state index >= 15 is 0 Å². The number of benzene rings is 2. The summed E-state index contributed by atoms with van der Waals surface area (Å²) >= 11 is 0. The van der Waals surface area contributed by atoms with Gasteiger partial charge in [0.2, 0.25) is 5.91 Å². The van der Waals surface area contributed by atoms with Crippen molar-refractivity contribution in [3.05, 3.63) is 70.1 Å². The molecule has 1 saturated heterocycles. The van der Waals surface area contributed by atoms with E-state index < -0.39 is 0 Å². The van der Waals surface area contributed by atoms with E-state index in [0.717, 1.165) is 24.4 Å². The van der Waals surface area contributed by atoms with Crippen LogP contribution in [0.3, 0.4) is 0 Å². The highest BCUT2D eigenvalue weighted by Crippen LogP contribution is 2.21. The third-order valence-corrected chi connectivity index (χ3v) is 5.93. The Labute approximate surface area is 199 Å². The molecule has 0 bridgehead atoms. The molecule has 0 radical (unpaired) electrons. The molecular formula is C26H31N5O3. The number of aromatic amines is 1. The second-order valence-electron chi connectivity index (χ2n) is 8.79. The van der Waals surface area contributed by atoms with E-state index in [1.165, 1.54) is 11.3 Å². The van der Waals surface area contributed by atoms with Crippen molar-refractivity contribution in [3.8, 4) is 17.1 Å². The molecule has 1 N–H and O–H groups in total. The fraction of sp³-hybridized carbons (Fsp3) is 0.385. The standard InChI is InChI=1S/C26H31N5O3/c1-18(2)34-21-10-8-20(9-11-21)25-27-26(33)22(28-29-25)12-13-24(32)31-16-14-30(15-17-31)23-7-5-4-6-19(23)3/h4-11,18H,12-17H2,1-3H3,(H,27,29,33). The van der Waals surface area contributed by atoms with E-state index in [1.807, 2.05) is 55.1 Å². The number of nitrogens with one attached hydrogen (secondary N) is 1. The van der Waals surface area contributed by atoms with E-state index in [-0.39, 0.29) is 36.1 Å². The van der Waals surface area contributed by atoms with Crippen molar-refractivity contribution in [3.63, 3.8) is 0 Å². The summed E-state index contributed by atoms with van der Waals surface area (Å²) in [6, 6.07) is 15.6. The molecule has 0 unspecified atom stereocenters. The molecule has 0 aliphatic carbocycles. The molecular weight excluding hydrogens is 430 g/mol. The van der Waals surface area contributed by atoms with E-state index in [0.29, 0.717) is 18.9 Å². The second-order valence-corrected chi connectivity index (χ2v) is 8.79. The monoisotopic (exact) mass is 461 g/mol. The van der Waals surface area contributed by atoms with Crippen molar-refractivity contribution in [2.75, 3.05) is 31.1 Å². The van der Waals surface area contributed by atoms with Crippen LogP contribution in [0.5, 0.6) is 5.75 Å². The SMILES string of the molecule is Cc1ccccc1N1CCN(C(=O)CCc2nnc(-c3ccc(OC(C)C)cc3)[nH]c2=O)CC1. The third kappa shape index (κ3) is 5.62. The lowest BCUT2D eigenvalue weighted by molar-refractivity contribution is -0.131. The maximum Gasteiger partial charge on any atom is 0.273 e. The lowest BCUT2D eigenvalue weighted by Gasteiger charge is -2.36. The molecule has 8 nitrogen and oxygen atoms in total. The van der Waals surface area contributed by atoms with Crippen LogP contribution in [0.4, 0.5) is 5.69 Å². The first-order chi connectivity index (χ1) is 16.4. The minimum Gasteiger partial charge on any atom is -0.491 e. The highest BCUT2D eigenvalue weighted by Gasteiger charge is 2.22. The molecule has 1 fully saturated rings. The van der Waals surface area contributed by atoms with Gasteiger partial charge in [-0.1, -0.05) is 18.2 Å². The van der Waals surface area contributed by atoms with Crippen molar-refractivity contribution >= 4 is 11.6 Å². The van der Waals surface area contributed by atoms with Crippen molar-refractivity contribution in [2.45, 2.75) is 39.7 Å². The number of carbonyl (C=O) groups is 1. The summed E-state index contributed by atoms with van der Waals surface area (Å²) in [5.41, 5.74) is 3.16.